The number of likely N-dealkylation sites (N-methyl/N-ethyl adjacent to an activating group) is 1. The van der Waals surface area contributed by atoms with E-state index < -0.39 is 0 Å². The zero-order valence-electron chi connectivity index (χ0n) is 18.5. The minimum atomic E-state index is -0.0163. The Kier molecular flexibility index (Phi) is 5.33. The van der Waals surface area contributed by atoms with Gasteiger partial charge in [0.15, 0.2) is 12.3 Å². The Morgan fingerprint density at radius 1 is 1.03 bits per heavy atom. The van der Waals surface area contributed by atoms with Crippen molar-refractivity contribution in [3.05, 3.63) is 65.4 Å². The molecule has 4 heteroatoms. The molecule has 0 N–H and O–H groups in total. The molecule has 0 spiro atoms. The SMILES string of the molecule is COc1ccc2c(c1)[N+](=CC=C1N(C)c3ccccc3C1(C)C)C(C)C2(C)C.[Cl-]. The summed E-state index contributed by atoms with van der Waals surface area (Å²) in [6.45, 7) is 11.6. The van der Waals surface area contributed by atoms with Gasteiger partial charge in [0, 0.05) is 35.5 Å². The molecule has 2 aliphatic rings. The lowest BCUT2D eigenvalue weighted by molar-refractivity contribution is -0.473. The number of hydrogen-bond acceptors (Lipinski definition) is 2. The number of allylic oxidation sites excluding steroid dienone is 2. The largest absolute Gasteiger partial charge is 1.00 e. The van der Waals surface area contributed by atoms with Crippen LogP contribution in [0, 0.1) is 0 Å². The molecule has 2 aromatic carbocycles. The van der Waals surface area contributed by atoms with Crippen molar-refractivity contribution >= 4 is 17.6 Å². The van der Waals surface area contributed by atoms with Crippen molar-refractivity contribution in [2.75, 3.05) is 19.1 Å². The van der Waals surface area contributed by atoms with E-state index >= 15 is 0 Å². The van der Waals surface area contributed by atoms with Gasteiger partial charge in [0.1, 0.15) is 5.75 Å². The molecule has 4 rings (SSSR count). The Hall–Kier alpha value is -2.26. The van der Waals surface area contributed by atoms with Crippen molar-refractivity contribution in [3.63, 3.8) is 0 Å². The van der Waals surface area contributed by atoms with Crippen LogP contribution in [0.5, 0.6) is 5.75 Å². The van der Waals surface area contributed by atoms with Gasteiger partial charge in [-0.05, 0) is 44.5 Å². The van der Waals surface area contributed by atoms with Crippen molar-refractivity contribution in [2.45, 2.75) is 51.5 Å². The van der Waals surface area contributed by atoms with E-state index in [1.54, 1.807) is 7.11 Å². The first-order valence-electron chi connectivity index (χ1n) is 10.1. The second-order valence-corrected chi connectivity index (χ2v) is 9.09. The number of fused-ring (bicyclic) bond motifs is 2. The highest BCUT2D eigenvalue weighted by atomic mass is 35.5. The maximum Gasteiger partial charge on any atom is 0.213 e. The first-order chi connectivity index (χ1) is 13.2. The molecule has 0 amide bonds. The van der Waals surface area contributed by atoms with Gasteiger partial charge in [0.25, 0.3) is 0 Å². The summed E-state index contributed by atoms with van der Waals surface area (Å²) in [6, 6.07) is 15.5. The molecule has 1 unspecified atom stereocenters. The van der Waals surface area contributed by atoms with E-state index in [2.05, 4.69) is 106 Å². The van der Waals surface area contributed by atoms with Crippen LogP contribution in [0.3, 0.4) is 0 Å². The summed E-state index contributed by atoms with van der Waals surface area (Å²) in [5, 5.41) is 0. The van der Waals surface area contributed by atoms with Crippen LogP contribution in [-0.2, 0) is 10.8 Å². The predicted molar refractivity (Wildman–Crippen MR) is 117 cm³/mol. The molecule has 0 bridgehead atoms. The quantitative estimate of drug-likeness (QED) is 0.706. The van der Waals surface area contributed by atoms with Gasteiger partial charge in [-0.25, -0.2) is 0 Å². The summed E-state index contributed by atoms with van der Waals surface area (Å²) < 4.78 is 7.90. The van der Waals surface area contributed by atoms with Gasteiger partial charge >= 0.3 is 0 Å². The number of hydrogen-bond donors (Lipinski definition) is 0. The Morgan fingerprint density at radius 3 is 2.38 bits per heavy atom. The van der Waals surface area contributed by atoms with Gasteiger partial charge in [-0.15, -0.1) is 0 Å². The lowest BCUT2D eigenvalue weighted by Gasteiger charge is -2.23. The second-order valence-electron chi connectivity index (χ2n) is 9.09. The Labute approximate surface area is 181 Å². The molecule has 0 saturated heterocycles. The van der Waals surface area contributed by atoms with Crippen LogP contribution in [0.2, 0.25) is 0 Å². The molecule has 0 radical (unpaired) electrons. The van der Waals surface area contributed by atoms with E-state index in [9.17, 15) is 0 Å². The van der Waals surface area contributed by atoms with E-state index in [0.29, 0.717) is 6.04 Å². The summed E-state index contributed by atoms with van der Waals surface area (Å²) in [5.41, 5.74) is 6.67. The molecule has 154 valence electrons. The highest BCUT2D eigenvalue weighted by Crippen LogP contribution is 2.47. The average Bonchev–Trinajstić information content (AvgIpc) is 2.99. The third-order valence-corrected chi connectivity index (χ3v) is 6.97. The van der Waals surface area contributed by atoms with E-state index in [1.807, 2.05) is 0 Å². The number of methoxy groups -OCH3 is 1. The van der Waals surface area contributed by atoms with E-state index in [-0.39, 0.29) is 23.2 Å². The van der Waals surface area contributed by atoms with E-state index in [4.69, 9.17) is 4.74 Å². The second kappa shape index (κ2) is 7.21. The zero-order chi connectivity index (χ0) is 20.3. The minimum absolute atomic E-state index is 0. The normalized spacial score (nSPS) is 23.7. The fraction of sp³-hybridized carbons (Fsp3) is 0.400. The third kappa shape index (κ3) is 3.07. The average molecular weight is 411 g/mol. The third-order valence-electron chi connectivity index (χ3n) is 6.97. The summed E-state index contributed by atoms with van der Waals surface area (Å²) in [7, 11) is 3.90. The van der Waals surface area contributed by atoms with Crippen molar-refractivity contribution in [2.24, 2.45) is 0 Å². The number of anilines is 1. The first kappa shape index (κ1) is 21.4. The van der Waals surface area contributed by atoms with Crippen molar-refractivity contribution in [3.8, 4) is 5.75 Å². The van der Waals surface area contributed by atoms with Crippen LogP contribution >= 0.6 is 0 Å². The molecular weight excluding hydrogens is 380 g/mol. The highest BCUT2D eigenvalue weighted by molar-refractivity contribution is 5.78. The monoisotopic (exact) mass is 410 g/mol. The summed E-state index contributed by atoms with van der Waals surface area (Å²) in [6.07, 6.45) is 4.55. The lowest BCUT2D eigenvalue weighted by Crippen LogP contribution is -3.00. The van der Waals surface area contributed by atoms with Crippen molar-refractivity contribution in [1.82, 2.24) is 0 Å². The fourth-order valence-corrected chi connectivity index (χ4v) is 4.84. The van der Waals surface area contributed by atoms with Gasteiger partial charge in [-0.2, -0.15) is 4.58 Å². The maximum atomic E-state index is 5.50. The minimum Gasteiger partial charge on any atom is -1.00 e. The molecule has 2 aliphatic heterocycles. The Morgan fingerprint density at radius 2 is 1.72 bits per heavy atom. The van der Waals surface area contributed by atoms with Crippen molar-refractivity contribution < 1.29 is 21.7 Å². The number of nitrogens with zero attached hydrogens (tertiary/aromatic N) is 2. The van der Waals surface area contributed by atoms with Gasteiger partial charge in [0.05, 0.1) is 18.6 Å². The van der Waals surface area contributed by atoms with Crippen LogP contribution in [0.25, 0.3) is 0 Å². The predicted octanol–water partition coefficient (Wildman–Crippen LogP) is 2.41. The highest BCUT2D eigenvalue weighted by Gasteiger charge is 2.47. The number of ether oxygens (including phenoxy) is 1. The molecule has 2 aromatic rings. The molecule has 1 atom stereocenters. The molecule has 29 heavy (non-hydrogen) atoms. The fourth-order valence-electron chi connectivity index (χ4n) is 4.84. The van der Waals surface area contributed by atoms with Crippen LogP contribution in [0.4, 0.5) is 11.4 Å². The Balaban J connectivity index is 0.00000240. The molecule has 0 fully saturated rings. The topological polar surface area (TPSA) is 15.5 Å². The smallest absolute Gasteiger partial charge is 0.213 e. The maximum absolute atomic E-state index is 5.50. The Bertz CT molecular complexity index is 1000. The summed E-state index contributed by atoms with van der Waals surface area (Å²) in [4.78, 5) is 2.32. The van der Waals surface area contributed by atoms with E-state index in [1.165, 1.54) is 28.2 Å². The standard InChI is InChI=1S/C25H31N2O.ClH/c1-17-24(2,3)20-13-12-18(28-7)16-22(20)27(17)15-14-23-25(4,5)19-10-8-9-11-21(19)26(23)6;/h8-17H,1-7H3;1H/q+1;/p-1. The van der Waals surface area contributed by atoms with E-state index in [0.717, 1.165) is 5.75 Å². The molecular formula is C25H31ClN2O. The van der Waals surface area contributed by atoms with Gasteiger partial charge in [-0.3, -0.25) is 0 Å². The van der Waals surface area contributed by atoms with Gasteiger partial charge in [0.2, 0.25) is 5.69 Å². The van der Waals surface area contributed by atoms with Crippen LogP contribution in [0.15, 0.2) is 54.2 Å². The zero-order valence-corrected chi connectivity index (χ0v) is 19.2. The molecule has 2 heterocycles. The number of para-hydroxylation sites is 1. The number of benzene rings is 2. The van der Waals surface area contributed by atoms with Crippen LogP contribution in [0.1, 0.15) is 45.7 Å². The number of halogens is 1. The molecule has 3 nitrogen and oxygen atoms in total. The van der Waals surface area contributed by atoms with Crippen molar-refractivity contribution in [1.29, 1.82) is 0 Å². The molecule has 0 saturated carbocycles. The molecule has 0 aromatic heterocycles. The first-order valence-corrected chi connectivity index (χ1v) is 10.1. The van der Waals surface area contributed by atoms with Crippen LogP contribution in [-0.4, -0.2) is 31.0 Å². The van der Waals surface area contributed by atoms with Crippen LogP contribution < -0.4 is 22.0 Å². The van der Waals surface area contributed by atoms with Gasteiger partial charge < -0.3 is 22.0 Å². The summed E-state index contributed by atoms with van der Waals surface area (Å²) in [5.74, 6) is 0.903. The summed E-state index contributed by atoms with van der Waals surface area (Å²) >= 11 is 0. The number of rotatable bonds is 2. The van der Waals surface area contributed by atoms with Gasteiger partial charge in [-0.1, -0.05) is 32.0 Å². The lowest BCUT2D eigenvalue weighted by atomic mass is 9.81. The molecule has 0 aliphatic carbocycles.